The first kappa shape index (κ1) is 17.1. The van der Waals surface area contributed by atoms with Crippen molar-refractivity contribution >= 4 is 23.2 Å². The number of rotatable bonds is 4. The average molecular weight is 387 g/mol. The molecule has 10 heteroatoms. The zero-order valence-electron chi connectivity index (χ0n) is 13.9. The molecule has 4 aromatic heterocycles. The molecule has 4 aromatic rings. The quantitative estimate of drug-likeness (QED) is 0.578. The lowest BCUT2D eigenvalue weighted by molar-refractivity contribution is 0.0923. The van der Waals surface area contributed by atoms with Gasteiger partial charge >= 0.3 is 0 Å². The number of halogens is 2. The number of carbonyl (C=O) groups is 1. The van der Waals surface area contributed by atoms with Crippen LogP contribution in [0.1, 0.15) is 29.3 Å². The van der Waals surface area contributed by atoms with Crippen LogP contribution < -0.4 is 5.32 Å². The number of nitrogens with one attached hydrogen (secondary N) is 1. The molecular weight excluding hydrogens is 375 g/mol. The van der Waals surface area contributed by atoms with Gasteiger partial charge < -0.3 is 9.84 Å². The van der Waals surface area contributed by atoms with Crippen molar-refractivity contribution in [3.63, 3.8) is 0 Å². The second-order valence-electron chi connectivity index (χ2n) is 5.69. The van der Waals surface area contributed by atoms with E-state index >= 15 is 0 Å². The molecule has 1 N–H and O–H groups in total. The number of nitrogens with zero attached hydrogens (tertiary/aromatic N) is 5. The Hall–Kier alpha value is -3.33. The van der Waals surface area contributed by atoms with E-state index in [-0.39, 0.29) is 17.2 Å². The Morgan fingerprint density at radius 1 is 1.30 bits per heavy atom. The zero-order chi connectivity index (χ0) is 19.0. The number of hydrogen-bond donors (Lipinski definition) is 1. The molecule has 1 amide bonds. The van der Waals surface area contributed by atoms with Gasteiger partial charge in [-0.1, -0.05) is 22.8 Å². The monoisotopic (exact) mass is 386 g/mol. The van der Waals surface area contributed by atoms with Gasteiger partial charge in [-0.3, -0.25) is 14.2 Å². The van der Waals surface area contributed by atoms with Crippen molar-refractivity contribution in [2.45, 2.75) is 13.0 Å². The molecule has 0 aliphatic carbocycles. The van der Waals surface area contributed by atoms with Crippen LogP contribution in [0.3, 0.4) is 0 Å². The Labute approximate surface area is 157 Å². The van der Waals surface area contributed by atoms with Gasteiger partial charge in [-0.15, -0.1) is 0 Å². The largest absolute Gasteiger partial charge is 0.339 e. The standard InChI is InChI=1S/C17H12ClFN6O2/c1-9(17-23-15(24-27-17)11-4-2-3-7-20-11)21-16(26)13-14(19)25-8-10(18)5-6-12(25)22-13/h2-9H,1H3,(H,21,26). The first-order chi connectivity index (χ1) is 13.0. The number of pyridine rings is 2. The second-order valence-corrected chi connectivity index (χ2v) is 6.13. The van der Waals surface area contributed by atoms with Crippen molar-refractivity contribution in [3.05, 3.63) is 65.3 Å². The van der Waals surface area contributed by atoms with E-state index in [0.29, 0.717) is 16.5 Å². The number of aromatic nitrogens is 5. The lowest BCUT2D eigenvalue weighted by Crippen LogP contribution is -2.28. The minimum absolute atomic E-state index is 0.163. The van der Waals surface area contributed by atoms with Crippen LogP contribution in [0.4, 0.5) is 4.39 Å². The van der Waals surface area contributed by atoms with E-state index in [1.54, 1.807) is 37.4 Å². The average Bonchev–Trinajstić information content (AvgIpc) is 3.28. The van der Waals surface area contributed by atoms with Gasteiger partial charge in [-0.2, -0.15) is 9.37 Å². The van der Waals surface area contributed by atoms with Crippen molar-refractivity contribution in [2.24, 2.45) is 0 Å². The predicted molar refractivity (Wildman–Crippen MR) is 93.6 cm³/mol. The fraction of sp³-hybridized carbons (Fsp3) is 0.118. The molecule has 0 bridgehead atoms. The van der Waals surface area contributed by atoms with Gasteiger partial charge in [0.1, 0.15) is 17.4 Å². The number of amides is 1. The third-order valence-corrected chi connectivity index (χ3v) is 4.02. The maximum Gasteiger partial charge on any atom is 0.275 e. The van der Waals surface area contributed by atoms with Crippen molar-refractivity contribution < 1.29 is 13.7 Å². The predicted octanol–water partition coefficient (Wildman–Crippen LogP) is 3.06. The zero-order valence-corrected chi connectivity index (χ0v) is 14.7. The highest BCUT2D eigenvalue weighted by Gasteiger charge is 2.23. The summed E-state index contributed by atoms with van der Waals surface area (Å²) in [6, 6.07) is 7.71. The van der Waals surface area contributed by atoms with Crippen LogP contribution in [0.15, 0.2) is 47.2 Å². The second kappa shape index (κ2) is 6.76. The van der Waals surface area contributed by atoms with Gasteiger partial charge in [0.15, 0.2) is 5.69 Å². The molecule has 8 nitrogen and oxygen atoms in total. The molecule has 0 saturated heterocycles. The summed E-state index contributed by atoms with van der Waals surface area (Å²) >= 11 is 5.85. The topological polar surface area (TPSA) is 98.2 Å². The molecule has 0 spiro atoms. The summed E-state index contributed by atoms with van der Waals surface area (Å²) in [6.45, 7) is 1.64. The Kier molecular flexibility index (Phi) is 4.28. The van der Waals surface area contributed by atoms with Gasteiger partial charge in [0.2, 0.25) is 17.7 Å². The van der Waals surface area contributed by atoms with E-state index in [1.165, 1.54) is 12.3 Å². The number of fused-ring (bicyclic) bond motifs is 1. The normalized spacial score (nSPS) is 12.3. The first-order valence-corrected chi connectivity index (χ1v) is 8.29. The highest BCUT2D eigenvalue weighted by Crippen LogP contribution is 2.19. The molecule has 0 aliphatic heterocycles. The molecule has 1 unspecified atom stereocenters. The van der Waals surface area contributed by atoms with E-state index in [2.05, 4.69) is 25.4 Å². The van der Waals surface area contributed by atoms with Gasteiger partial charge in [0.05, 0.1) is 5.02 Å². The minimum Gasteiger partial charge on any atom is -0.339 e. The SMILES string of the molecule is CC(NC(=O)c1nc2ccc(Cl)cn2c1F)c1nc(-c2ccccn2)no1. The van der Waals surface area contributed by atoms with E-state index in [0.717, 1.165) is 4.40 Å². The van der Waals surface area contributed by atoms with Gasteiger partial charge in [0.25, 0.3) is 5.91 Å². The molecule has 136 valence electrons. The third-order valence-electron chi connectivity index (χ3n) is 3.79. The van der Waals surface area contributed by atoms with Crippen molar-refractivity contribution in [1.29, 1.82) is 0 Å². The highest BCUT2D eigenvalue weighted by molar-refractivity contribution is 6.30. The van der Waals surface area contributed by atoms with Crippen molar-refractivity contribution in [2.75, 3.05) is 0 Å². The number of carbonyl (C=O) groups excluding carboxylic acids is 1. The fourth-order valence-electron chi connectivity index (χ4n) is 2.47. The Bertz CT molecular complexity index is 1130. The van der Waals surface area contributed by atoms with Gasteiger partial charge in [-0.05, 0) is 31.2 Å². The summed E-state index contributed by atoms with van der Waals surface area (Å²) in [5.41, 5.74) is 0.452. The van der Waals surface area contributed by atoms with E-state index < -0.39 is 17.9 Å². The van der Waals surface area contributed by atoms with Gasteiger partial charge in [0, 0.05) is 12.4 Å². The Balaban J connectivity index is 1.55. The van der Waals surface area contributed by atoms with Crippen LogP contribution in [0.25, 0.3) is 17.2 Å². The Morgan fingerprint density at radius 3 is 2.93 bits per heavy atom. The summed E-state index contributed by atoms with van der Waals surface area (Å²) < 4.78 is 20.7. The maximum absolute atomic E-state index is 14.5. The van der Waals surface area contributed by atoms with E-state index in [1.807, 2.05) is 0 Å². The molecule has 27 heavy (non-hydrogen) atoms. The summed E-state index contributed by atoms with van der Waals surface area (Å²) in [6.07, 6.45) is 2.95. The lowest BCUT2D eigenvalue weighted by atomic mass is 10.3. The molecule has 1 atom stereocenters. The van der Waals surface area contributed by atoms with Crippen molar-refractivity contribution in [1.82, 2.24) is 29.8 Å². The molecule has 0 aliphatic rings. The fourth-order valence-corrected chi connectivity index (χ4v) is 2.63. The molecule has 4 heterocycles. The van der Waals surface area contributed by atoms with E-state index in [9.17, 15) is 9.18 Å². The highest BCUT2D eigenvalue weighted by atomic mass is 35.5. The maximum atomic E-state index is 14.5. The summed E-state index contributed by atoms with van der Waals surface area (Å²) in [4.78, 5) is 24.8. The lowest BCUT2D eigenvalue weighted by Gasteiger charge is -2.07. The molecule has 0 aromatic carbocycles. The summed E-state index contributed by atoms with van der Waals surface area (Å²) in [7, 11) is 0. The van der Waals surface area contributed by atoms with Crippen LogP contribution in [0.5, 0.6) is 0 Å². The molecular formula is C17H12ClFN6O2. The van der Waals surface area contributed by atoms with Crippen molar-refractivity contribution in [3.8, 4) is 11.5 Å². The van der Waals surface area contributed by atoms with E-state index in [4.69, 9.17) is 16.1 Å². The smallest absolute Gasteiger partial charge is 0.275 e. The molecule has 0 radical (unpaired) electrons. The minimum atomic E-state index is -0.808. The van der Waals surface area contributed by atoms with Gasteiger partial charge in [-0.25, -0.2) is 4.98 Å². The third kappa shape index (κ3) is 3.24. The molecule has 0 fully saturated rings. The number of imidazole rings is 1. The van der Waals surface area contributed by atoms with Crippen LogP contribution in [0.2, 0.25) is 5.02 Å². The summed E-state index contributed by atoms with van der Waals surface area (Å²) in [5.74, 6) is -1.06. The first-order valence-electron chi connectivity index (χ1n) is 7.92. The summed E-state index contributed by atoms with van der Waals surface area (Å²) in [5, 5.41) is 6.76. The van der Waals surface area contributed by atoms with Crippen LogP contribution in [-0.4, -0.2) is 30.4 Å². The van der Waals surface area contributed by atoms with Crippen LogP contribution in [-0.2, 0) is 0 Å². The molecule has 0 saturated carbocycles. The Morgan fingerprint density at radius 2 is 2.15 bits per heavy atom. The van der Waals surface area contributed by atoms with Crippen LogP contribution in [0, 0.1) is 5.95 Å². The number of hydrogen-bond acceptors (Lipinski definition) is 6. The molecule has 4 rings (SSSR count). The van der Waals surface area contributed by atoms with Crippen LogP contribution >= 0.6 is 11.6 Å².